The van der Waals surface area contributed by atoms with Crippen molar-refractivity contribution in [3.05, 3.63) is 101 Å². The van der Waals surface area contributed by atoms with Gasteiger partial charge in [0.05, 0.1) is 11.3 Å². The molecule has 1 saturated heterocycles. The van der Waals surface area contributed by atoms with E-state index in [-0.39, 0.29) is 11.5 Å². The summed E-state index contributed by atoms with van der Waals surface area (Å²) in [4.78, 5) is 45.2. The standard InChI is InChI=1S/C29H25N3O4/c1-16(2)17-7-9-18(10-8-17)26-25-22(21-5-3-4-6-23(21)30-25)15-24-27(33)31(29(36)32(24)26)20-13-11-19(12-14-20)28(34)35/h3-14,16,24,26,30H,15H2,1-2H3,(H,34,35)/t24-,26+/m0/s1. The summed E-state index contributed by atoms with van der Waals surface area (Å²) in [5.41, 5.74) is 5.55. The van der Waals surface area contributed by atoms with Crippen molar-refractivity contribution in [3.63, 3.8) is 0 Å². The highest BCUT2D eigenvalue weighted by Crippen LogP contribution is 2.45. The number of aromatic carboxylic acids is 1. The fraction of sp³-hybridized carbons (Fsp3) is 0.207. The zero-order valence-electron chi connectivity index (χ0n) is 19.9. The van der Waals surface area contributed by atoms with E-state index < -0.39 is 24.1 Å². The summed E-state index contributed by atoms with van der Waals surface area (Å²) in [5, 5.41) is 10.3. The van der Waals surface area contributed by atoms with Gasteiger partial charge in [0.1, 0.15) is 12.1 Å². The van der Waals surface area contributed by atoms with Gasteiger partial charge in [-0.25, -0.2) is 14.5 Å². The molecule has 180 valence electrons. The Morgan fingerprint density at radius 2 is 1.67 bits per heavy atom. The zero-order valence-corrected chi connectivity index (χ0v) is 19.9. The molecule has 1 aromatic heterocycles. The van der Waals surface area contributed by atoms with Crippen molar-refractivity contribution in [2.45, 2.75) is 38.3 Å². The van der Waals surface area contributed by atoms with Gasteiger partial charge in [0.2, 0.25) is 0 Å². The van der Waals surface area contributed by atoms with Crippen molar-refractivity contribution in [1.29, 1.82) is 0 Å². The summed E-state index contributed by atoms with van der Waals surface area (Å²) >= 11 is 0. The summed E-state index contributed by atoms with van der Waals surface area (Å²) in [6, 6.07) is 20.6. The maximum atomic E-state index is 13.9. The number of hydrogen-bond acceptors (Lipinski definition) is 3. The number of para-hydroxylation sites is 1. The van der Waals surface area contributed by atoms with E-state index in [4.69, 9.17) is 0 Å². The molecule has 0 bridgehead atoms. The topological polar surface area (TPSA) is 93.7 Å². The van der Waals surface area contributed by atoms with Crippen LogP contribution in [0.4, 0.5) is 10.5 Å². The Kier molecular flexibility index (Phi) is 4.96. The van der Waals surface area contributed by atoms with Crippen molar-refractivity contribution in [1.82, 2.24) is 9.88 Å². The lowest BCUT2D eigenvalue weighted by Crippen LogP contribution is -2.44. The lowest BCUT2D eigenvalue weighted by molar-refractivity contribution is -0.120. The quantitative estimate of drug-likeness (QED) is 0.380. The summed E-state index contributed by atoms with van der Waals surface area (Å²) in [6.45, 7) is 4.27. The van der Waals surface area contributed by atoms with Crippen molar-refractivity contribution in [3.8, 4) is 0 Å². The Balaban J connectivity index is 1.49. The van der Waals surface area contributed by atoms with Crippen LogP contribution in [0.1, 0.15) is 58.5 Å². The smallest absolute Gasteiger partial charge is 0.335 e. The first-order valence-electron chi connectivity index (χ1n) is 12.0. The second kappa shape index (κ2) is 8.09. The van der Waals surface area contributed by atoms with Gasteiger partial charge >= 0.3 is 12.0 Å². The molecule has 4 aromatic rings. The van der Waals surface area contributed by atoms with Crippen LogP contribution in [0.2, 0.25) is 0 Å². The molecule has 6 rings (SSSR count). The monoisotopic (exact) mass is 479 g/mol. The van der Waals surface area contributed by atoms with Crippen molar-refractivity contribution in [2.75, 3.05) is 4.90 Å². The molecule has 2 atom stereocenters. The number of aromatic nitrogens is 1. The van der Waals surface area contributed by atoms with Gasteiger partial charge in [-0.05, 0) is 52.9 Å². The number of carboxylic acids is 1. The van der Waals surface area contributed by atoms with E-state index in [1.807, 2.05) is 36.4 Å². The van der Waals surface area contributed by atoms with E-state index in [2.05, 4.69) is 31.0 Å². The van der Waals surface area contributed by atoms with Crippen molar-refractivity contribution >= 4 is 34.5 Å². The van der Waals surface area contributed by atoms with E-state index in [1.54, 1.807) is 4.90 Å². The maximum Gasteiger partial charge on any atom is 0.335 e. The van der Waals surface area contributed by atoms with Gasteiger partial charge in [-0.3, -0.25) is 9.69 Å². The van der Waals surface area contributed by atoms with E-state index in [0.717, 1.165) is 27.7 Å². The third kappa shape index (κ3) is 3.23. The molecule has 0 unspecified atom stereocenters. The number of imide groups is 1. The van der Waals surface area contributed by atoms with E-state index in [0.29, 0.717) is 18.0 Å². The molecule has 0 saturated carbocycles. The van der Waals surface area contributed by atoms with Crippen LogP contribution in [0, 0.1) is 0 Å². The van der Waals surface area contributed by atoms with Crippen LogP contribution in [0.15, 0.2) is 72.8 Å². The molecule has 2 N–H and O–H groups in total. The van der Waals surface area contributed by atoms with Crippen molar-refractivity contribution in [2.24, 2.45) is 0 Å². The molecule has 7 heteroatoms. The van der Waals surface area contributed by atoms with Gasteiger partial charge in [0, 0.05) is 23.0 Å². The molecular weight excluding hydrogens is 454 g/mol. The van der Waals surface area contributed by atoms with Crippen LogP contribution in [-0.2, 0) is 11.2 Å². The molecule has 3 amide bonds. The van der Waals surface area contributed by atoms with Crippen LogP contribution >= 0.6 is 0 Å². The number of carboxylic acid groups (broad SMARTS) is 1. The fourth-order valence-corrected chi connectivity index (χ4v) is 5.47. The lowest BCUT2D eigenvalue weighted by atomic mass is 9.88. The fourth-order valence-electron chi connectivity index (χ4n) is 5.47. The number of benzene rings is 3. The van der Waals surface area contributed by atoms with Gasteiger partial charge in [-0.15, -0.1) is 0 Å². The molecule has 0 spiro atoms. The highest BCUT2D eigenvalue weighted by molar-refractivity contribution is 6.22. The summed E-state index contributed by atoms with van der Waals surface area (Å²) < 4.78 is 0. The van der Waals surface area contributed by atoms with Crippen LogP contribution < -0.4 is 4.90 Å². The normalized spacial score (nSPS) is 19.2. The number of carbonyl (C=O) groups is 3. The molecule has 36 heavy (non-hydrogen) atoms. The number of fused-ring (bicyclic) bond motifs is 4. The number of anilines is 1. The number of rotatable bonds is 4. The van der Waals surface area contributed by atoms with Gasteiger partial charge < -0.3 is 10.1 Å². The van der Waals surface area contributed by atoms with E-state index in [9.17, 15) is 19.5 Å². The summed E-state index contributed by atoms with van der Waals surface area (Å²) in [7, 11) is 0. The largest absolute Gasteiger partial charge is 0.478 e. The minimum Gasteiger partial charge on any atom is -0.478 e. The minimum absolute atomic E-state index is 0.0973. The maximum absolute atomic E-state index is 13.9. The Labute approximate surface area is 208 Å². The van der Waals surface area contributed by atoms with Crippen LogP contribution in [0.5, 0.6) is 0 Å². The van der Waals surface area contributed by atoms with E-state index >= 15 is 0 Å². The molecule has 0 aliphatic carbocycles. The highest BCUT2D eigenvalue weighted by atomic mass is 16.4. The molecule has 3 heterocycles. The van der Waals surface area contributed by atoms with Crippen LogP contribution in [-0.4, -0.2) is 38.9 Å². The minimum atomic E-state index is -1.06. The lowest BCUT2D eigenvalue weighted by Gasteiger charge is -2.36. The molecule has 2 aliphatic heterocycles. The Bertz CT molecular complexity index is 1520. The van der Waals surface area contributed by atoms with Crippen LogP contribution in [0.3, 0.4) is 0 Å². The predicted octanol–water partition coefficient (Wildman–Crippen LogP) is 5.47. The van der Waals surface area contributed by atoms with Gasteiger partial charge in [-0.2, -0.15) is 0 Å². The third-order valence-electron chi connectivity index (χ3n) is 7.34. The molecule has 7 nitrogen and oxygen atoms in total. The third-order valence-corrected chi connectivity index (χ3v) is 7.34. The number of amides is 3. The molecule has 1 fully saturated rings. The van der Waals surface area contributed by atoms with Crippen LogP contribution in [0.25, 0.3) is 10.9 Å². The predicted molar refractivity (Wildman–Crippen MR) is 136 cm³/mol. The first-order chi connectivity index (χ1) is 17.3. The Hall–Kier alpha value is -4.39. The Morgan fingerprint density at radius 3 is 2.33 bits per heavy atom. The number of carbonyl (C=O) groups excluding carboxylic acids is 2. The number of nitrogens with one attached hydrogen (secondary N) is 1. The number of H-pyrrole nitrogens is 1. The van der Waals surface area contributed by atoms with Gasteiger partial charge in [0.15, 0.2) is 0 Å². The number of aromatic amines is 1. The van der Waals surface area contributed by atoms with Crippen molar-refractivity contribution < 1.29 is 19.5 Å². The highest BCUT2D eigenvalue weighted by Gasteiger charge is 2.53. The van der Waals surface area contributed by atoms with Gasteiger partial charge in [0.25, 0.3) is 5.91 Å². The van der Waals surface area contributed by atoms with Gasteiger partial charge in [-0.1, -0.05) is 56.3 Å². The molecule has 0 radical (unpaired) electrons. The van der Waals surface area contributed by atoms with E-state index in [1.165, 1.54) is 34.7 Å². The molecule has 3 aromatic carbocycles. The molecule has 2 aliphatic rings. The second-order valence-electron chi connectivity index (χ2n) is 9.72. The first-order valence-corrected chi connectivity index (χ1v) is 12.0. The SMILES string of the molecule is CC(C)c1ccc([C@@H]2c3[nH]c4ccccc4c3C[C@H]3C(=O)N(c4ccc(C(=O)O)cc4)C(=O)N23)cc1. The summed E-state index contributed by atoms with van der Waals surface area (Å²) in [6.07, 6.45) is 0.411. The zero-order chi connectivity index (χ0) is 25.1. The average molecular weight is 480 g/mol. The molecular formula is C29H25N3O4. The average Bonchev–Trinajstić information content (AvgIpc) is 3.37. The summed E-state index contributed by atoms with van der Waals surface area (Å²) in [5.74, 6) is -0.989. The Morgan fingerprint density at radius 1 is 0.972 bits per heavy atom. The number of urea groups is 1. The number of hydrogen-bond donors (Lipinski definition) is 2. The first kappa shape index (κ1) is 22.1. The number of nitrogens with zero attached hydrogens (tertiary/aromatic N) is 2. The second-order valence-corrected chi connectivity index (χ2v) is 9.72.